The molecule has 3 rings (SSSR count). The molecular formula is C28H44N6O. The van der Waals surface area contributed by atoms with Gasteiger partial charge in [-0.25, -0.2) is 0 Å². The van der Waals surface area contributed by atoms with E-state index in [1.165, 1.54) is 5.56 Å². The highest BCUT2D eigenvalue weighted by Crippen LogP contribution is 2.25. The van der Waals surface area contributed by atoms with Gasteiger partial charge in [0.15, 0.2) is 5.82 Å². The lowest BCUT2D eigenvalue weighted by Gasteiger charge is -2.39. The Morgan fingerprint density at radius 2 is 1.94 bits per heavy atom. The van der Waals surface area contributed by atoms with E-state index in [-0.39, 0.29) is 0 Å². The molecule has 1 fully saturated rings. The number of hydrogen-bond acceptors (Lipinski definition) is 7. The van der Waals surface area contributed by atoms with Gasteiger partial charge in [-0.1, -0.05) is 50.6 Å². The molecule has 0 amide bonds. The molecule has 1 aromatic carbocycles. The van der Waals surface area contributed by atoms with E-state index in [0.717, 1.165) is 69.9 Å². The summed E-state index contributed by atoms with van der Waals surface area (Å²) in [4.78, 5) is 12.1. The molecule has 2 heterocycles. The third-order valence-electron chi connectivity index (χ3n) is 6.50. The van der Waals surface area contributed by atoms with Crippen LogP contribution in [0, 0.1) is 6.92 Å². The summed E-state index contributed by atoms with van der Waals surface area (Å²) in [6.07, 6.45) is 4.01. The molecule has 7 nitrogen and oxygen atoms in total. The van der Waals surface area contributed by atoms with Crippen LogP contribution in [0.3, 0.4) is 0 Å². The van der Waals surface area contributed by atoms with E-state index >= 15 is 0 Å². The summed E-state index contributed by atoms with van der Waals surface area (Å²) in [6.45, 7) is 19.1. The van der Waals surface area contributed by atoms with Crippen LogP contribution in [-0.2, 0) is 0 Å². The lowest BCUT2D eigenvalue weighted by Crippen LogP contribution is -2.52. The Morgan fingerprint density at radius 1 is 1.14 bits per heavy atom. The van der Waals surface area contributed by atoms with Crippen LogP contribution in [-0.4, -0.2) is 79.5 Å². The molecule has 1 N–H and O–H groups in total. The molecule has 0 bridgehead atoms. The third kappa shape index (κ3) is 8.51. The molecule has 0 aliphatic carbocycles. The molecule has 0 saturated carbocycles. The van der Waals surface area contributed by atoms with E-state index in [9.17, 15) is 0 Å². The molecule has 35 heavy (non-hydrogen) atoms. The highest BCUT2D eigenvalue weighted by molar-refractivity contribution is 5.80. The minimum atomic E-state index is 0.546. The summed E-state index contributed by atoms with van der Waals surface area (Å²) >= 11 is 0. The number of piperazine rings is 1. The molecule has 1 saturated heterocycles. The van der Waals surface area contributed by atoms with E-state index in [4.69, 9.17) is 9.72 Å². The van der Waals surface area contributed by atoms with Crippen molar-refractivity contribution in [3.8, 4) is 5.88 Å². The average Bonchev–Trinajstić information content (AvgIpc) is 2.85. The Labute approximate surface area is 212 Å². The number of anilines is 2. The van der Waals surface area contributed by atoms with Crippen molar-refractivity contribution in [3.63, 3.8) is 0 Å². The van der Waals surface area contributed by atoms with Crippen molar-refractivity contribution in [3.05, 3.63) is 47.5 Å². The second kappa shape index (κ2) is 14.0. The zero-order chi connectivity index (χ0) is 25.0. The number of benzene rings is 1. The van der Waals surface area contributed by atoms with Gasteiger partial charge in [-0.15, -0.1) is 0 Å². The van der Waals surface area contributed by atoms with Crippen LogP contribution < -0.4 is 15.1 Å². The number of nitrogens with one attached hydrogen (secondary N) is 1. The number of ether oxygens (including phenoxy) is 1. The molecule has 1 aliphatic rings. The topological polar surface area (TPSA) is 56.2 Å². The highest BCUT2D eigenvalue weighted by Gasteiger charge is 2.22. The third-order valence-corrected chi connectivity index (χ3v) is 6.50. The van der Waals surface area contributed by atoms with Gasteiger partial charge in [-0.2, -0.15) is 10.1 Å². The van der Waals surface area contributed by atoms with Crippen molar-refractivity contribution in [2.24, 2.45) is 5.10 Å². The first-order valence-corrected chi connectivity index (χ1v) is 13.2. The normalized spacial score (nSPS) is 17.1. The molecule has 0 radical (unpaired) electrons. The van der Waals surface area contributed by atoms with Gasteiger partial charge in [-0.05, 0) is 38.8 Å². The summed E-state index contributed by atoms with van der Waals surface area (Å²) in [5.74, 6) is 1.34. The van der Waals surface area contributed by atoms with Crippen LogP contribution in [0.5, 0.6) is 5.88 Å². The molecular weight excluding hydrogens is 436 g/mol. The fourth-order valence-corrected chi connectivity index (χ4v) is 4.60. The first kappa shape index (κ1) is 27.0. The van der Waals surface area contributed by atoms with Gasteiger partial charge >= 0.3 is 0 Å². The maximum absolute atomic E-state index is 6.19. The molecule has 1 atom stereocenters. The number of aromatic nitrogens is 1. The Balaban J connectivity index is 1.69. The lowest BCUT2D eigenvalue weighted by molar-refractivity contribution is 0.0743. The monoisotopic (exact) mass is 480 g/mol. The Hall–Kier alpha value is -2.64. The Kier molecular flexibility index (Phi) is 10.8. The lowest BCUT2D eigenvalue weighted by atomic mass is 10.2. The minimum absolute atomic E-state index is 0.546. The van der Waals surface area contributed by atoms with E-state index in [1.807, 2.05) is 18.3 Å². The largest absolute Gasteiger partial charge is 0.476 e. The molecule has 1 unspecified atom stereocenters. The standard InChI is InChI=1S/C28H44N6O/c1-6-12-34(13-7-2)26-19-27(31-29-21-25-11-9-10-23(4)18-25)30-28(20-26)35-17-16-33-15-14-32(8-3)22-24(33)5/h9-11,18-21,24H,6-8,12-17,22H2,1-5H3,(H,30,31)/b29-21+. The van der Waals surface area contributed by atoms with Gasteiger partial charge in [-0.3, -0.25) is 10.3 Å². The molecule has 1 aromatic heterocycles. The predicted molar refractivity (Wildman–Crippen MR) is 148 cm³/mol. The van der Waals surface area contributed by atoms with Crippen LogP contribution in [0.2, 0.25) is 0 Å². The quantitative estimate of drug-likeness (QED) is 0.326. The predicted octanol–water partition coefficient (Wildman–Crippen LogP) is 4.87. The number of hydrazone groups is 1. The van der Waals surface area contributed by atoms with E-state index in [1.54, 1.807) is 0 Å². The van der Waals surface area contributed by atoms with E-state index in [2.05, 4.69) is 84.1 Å². The average molecular weight is 481 g/mol. The van der Waals surface area contributed by atoms with Crippen molar-refractivity contribution >= 4 is 17.7 Å². The van der Waals surface area contributed by atoms with Gasteiger partial charge < -0.3 is 14.5 Å². The molecule has 1 aliphatic heterocycles. The van der Waals surface area contributed by atoms with E-state index < -0.39 is 0 Å². The van der Waals surface area contributed by atoms with Crippen LogP contribution >= 0.6 is 0 Å². The number of rotatable bonds is 13. The Bertz CT molecular complexity index is 927. The van der Waals surface area contributed by atoms with Crippen molar-refractivity contribution in [2.75, 3.05) is 62.7 Å². The van der Waals surface area contributed by atoms with Crippen molar-refractivity contribution in [2.45, 2.75) is 53.5 Å². The molecule has 192 valence electrons. The number of nitrogens with zero attached hydrogens (tertiary/aromatic N) is 5. The number of pyridine rings is 1. The number of likely N-dealkylation sites (N-methyl/N-ethyl adjacent to an activating group) is 1. The van der Waals surface area contributed by atoms with Crippen LogP contribution in [0.25, 0.3) is 0 Å². The fourth-order valence-electron chi connectivity index (χ4n) is 4.60. The maximum Gasteiger partial charge on any atom is 0.217 e. The molecule has 2 aromatic rings. The van der Waals surface area contributed by atoms with E-state index in [0.29, 0.717) is 24.3 Å². The number of hydrogen-bond donors (Lipinski definition) is 1. The summed E-state index contributed by atoms with van der Waals surface area (Å²) in [6, 6.07) is 13.0. The van der Waals surface area contributed by atoms with Gasteiger partial charge in [0.1, 0.15) is 6.61 Å². The first-order valence-electron chi connectivity index (χ1n) is 13.2. The van der Waals surface area contributed by atoms with Crippen molar-refractivity contribution < 1.29 is 4.74 Å². The fraction of sp³-hybridized carbons (Fsp3) is 0.571. The number of aryl methyl sites for hydroxylation is 1. The highest BCUT2D eigenvalue weighted by atomic mass is 16.5. The minimum Gasteiger partial charge on any atom is -0.476 e. The summed E-state index contributed by atoms with van der Waals surface area (Å²) in [5.41, 5.74) is 6.52. The van der Waals surface area contributed by atoms with Crippen LogP contribution in [0.1, 0.15) is 51.7 Å². The second-order valence-electron chi connectivity index (χ2n) is 9.45. The first-order chi connectivity index (χ1) is 17.0. The summed E-state index contributed by atoms with van der Waals surface area (Å²) in [7, 11) is 0. The maximum atomic E-state index is 6.19. The van der Waals surface area contributed by atoms with Crippen molar-refractivity contribution in [1.82, 2.24) is 14.8 Å². The van der Waals surface area contributed by atoms with Gasteiger partial charge in [0.05, 0.1) is 6.21 Å². The van der Waals surface area contributed by atoms with Gasteiger partial charge in [0.2, 0.25) is 5.88 Å². The van der Waals surface area contributed by atoms with Gasteiger partial charge in [0, 0.05) is 63.1 Å². The zero-order valence-electron chi connectivity index (χ0n) is 22.3. The second-order valence-corrected chi connectivity index (χ2v) is 9.45. The zero-order valence-corrected chi connectivity index (χ0v) is 22.3. The molecule has 0 spiro atoms. The SMILES string of the molecule is CCCN(CCC)c1cc(N/N=C/c2cccc(C)c2)nc(OCCN2CCN(CC)CC2C)c1. The van der Waals surface area contributed by atoms with Crippen LogP contribution in [0.15, 0.2) is 41.5 Å². The smallest absolute Gasteiger partial charge is 0.217 e. The summed E-state index contributed by atoms with van der Waals surface area (Å²) in [5, 5.41) is 4.44. The molecule has 7 heteroatoms. The Morgan fingerprint density at radius 3 is 2.63 bits per heavy atom. The van der Waals surface area contributed by atoms with Crippen LogP contribution in [0.4, 0.5) is 11.5 Å². The van der Waals surface area contributed by atoms with Crippen molar-refractivity contribution in [1.29, 1.82) is 0 Å². The summed E-state index contributed by atoms with van der Waals surface area (Å²) < 4.78 is 6.19. The van der Waals surface area contributed by atoms with Gasteiger partial charge in [0.25, 0.3) is 0 Å².